The molecule has 1 unspecified atom stereocenters. The molecule has 0 aliphatic carbocycles. The van der Waals surface area contributed by atoms with Crippen LogP contribution in [0.5, 0.6) is 0 Å². The number of nitrogens with zero attached hydrogens (tertiary/aromatic N) is 1. The predicted octanol–water partition coefficient (Wildman–Crippen LogP) is 8.16. The minimum absolute atomic E-state index is 0.164. The maximum absolute atomic E-state index is 12.6. The molecule has 0 radical (unpaired) electrons. The fourth-order valence-corrected chi connectivity index (χ4v) is 7.91. The van der Waals surface area contributed by atoms with Crippen LogP contribution >= 0.6 is 7.82 Å². The normalized spacial score (nSPS) is 27.5. The van der Waals surface area contributed by atoms with Crippen LogP contribution in [0.25, 0.3) is 0 Å². The Kier molecular flexibility index (Phi) is 21.1. The monoisotopic (exact) mass is 809 g/mol. The average Bonchev–Trinajstić information content (AvgIpc) is 3.22. The second-order valence-corrected chi connectivity index (χ2v) is 16.6. The Balaban J connectivity index is 0.000000418. The summed E-state index contributed by atoms with van der Waals surface area (Å²) < 4.78 is 66.4. The van der Waals surface area contributed by atoms with Crippen LogP contribution in [0.4, 0.5) is 0 Å². The number of hydrogen-bond acceptors (Lipinski definition) is 11. The lowest BCUT2D eigenvalue weighted by Gasteiger charge is -2.57. The van der Waals surface area contributed by atoms with Gasteiger partial charge in [-0.1, -0.05) is 114 Å². The molecule has 2 aromatic carbocycles. The van der Waals surface area contributed by atoms with Gasteiger partial charge in [-0.3, -0.25) is 4.57 Å². The van der Waals surface area contributed by atoms with Crippen molar-refractivity contribution in [3.63, 3.8) is 0 Å². The van der Waals surface area contributed by atoms with E-state index < -0.39 is 56.7 Å². The summed E-state index contributed by atoms with van der Waals surface area (Å²) in [5, 5.41) is 0. The second-order valence-electron chi connectivity index (χ2n) is 15.2. The maximum atomic E-state index is 12.6. The molecule has 2 aliphatic rings. The van der Waals surface area contributed by atoms with E-state index in [2.05, 4.69) is 27.7 Å². The van der Waals surface area contributed by atoms with Gasteiger partial charge in [0, 0.05) is 21.3 Å². The van der Waals surface area contributed by atoms with Gasteiger partial charge in [-0.2, -0.15) is 0 Å². The lowest BCUT2D eigenvalue weighted by atomic mass is 9.94. The zero-order valence-electron chi connectivity index (χ0n) is 35.7. The molecule has 12 nitrogen and oxygen atoms in total. The van der Waals surface area contributed by atoms with Crippen molar-refractivity contribution >= 4 is 7.82 Å². The molecule has 0 aromatic heterocycles. The zero-order chi connectivity index (χ0) is 41.1. The molecule has 2 heterocycles. The molecular formula is C43H72NO11P. The van der Waals surface area contributed by atoms with Crippen LogP contribution in [-0.2, 0) is 60.0 Å². The summed E-state index contributed by atoms with van der Waals surface area (Å²) in [4.78, 5) is 12.6. The van der Waals surface area contributed by atoms with Crippen molar-refractivity contribution in [1.82, 2.24) is 0 Å². The average molecular weight is 810 g/mol. The molecule has 0 amide bonds. The Labute approximate surface area is 337 Å². The number of phosphoric ester groups is 1. The number of fused-ring (bicyclic) bond motifs is 1. The Hall–Kier alpha value is -1.77. The van der Waals surface area contributed by atoms with Crippen LogP contribution in [0.3, 0.4) is 0 Å². The Bertz CT molecular complexity index is 1350. The van der Waals surface area contributed by atoms with Crippen molar-refractivity contribution in [1.29, 1.82) is 0 Å². The van der Waals surface area contributed by atoms with Gasteiger partial charge < -0.3 is 51.6 Å². The highest BCUT2D eigenvalue weighted by Gasteiger charge is 2.63. The van der Waals surface area contributed by atoms with Crippen molar-refractivity contribution < 1.29 is 56.1 Å². The Morgan fingerprint density at radius 1 is 0.679 bits per heavy atom. The van der Waals surface area contributed by atoms with E-state index in [4.69, 9.17) is 42.2 Å². The van der Waals surface area contributed by atoms with Crippen LogP contribution < -0.4 is 4.89 Å². The van der Waals surface area contributed by atoms with Gasteiger partial charge >= 0.3 is 0 Å². The molecule has 56 heavy (non-hydrogen) atoms. The first-order valence-electron chi connectivity index (χ1n) is 20.7. The molecule has 13 heteroatoms. The highest BCUT2D eigenvalue weighted by Crippen LogP contribution is 2.46. The molecular weight excluding hydrogens is 737 g/mol. The van der Waals surface area contributed by atoms with E-state index in [1.54, 1.807) is 38.1 Å². The van der Waals surface area contributed by atoms with Crippen molar-refractivity contribution in [3.05, 3.63) is 71.8 Å². The number of phosphoric acid groups is 1. The molecule has 0 saturated carbocycles. The standard InChI is InChI=1S/C27H37O11P.C16H36N/c1-26(31-4)27(2,32-5)38-23-22(37-26)21(18-35-39(28,29)34-17-20-14-10-7-11-15-20)36-25(30-3)24(23)33-16-19-12-8-6-9-13-19;1-5-9-13-17(14-10-6-2,15-11-7-3)16-12-8-4/h6-15,21-25H,16-18H2,1-5H3,(H,28,29);5-16H2,1-4H3/q;+1/p-1/t21-,22-,23+,24+,25+,26+,27+;/m1./s1. The lowest BCUT2D eigenvalue weighted by molar-refractivity contribution is -0.929. The smallest absolute Gasteiger partial charge is 0.268 e. The topological polar surface area (TPSA) is 123 Å². The van der Waals surface area contributed by atoms with Gasteiger partial charge in [-0.15, -0.1) is 0 Å². The zero-order valence-corrected chi connectivity index (χ0v) is 36.5. The molecule has 2 saturated heterocycles. The van der Waals surface area contributed by atoms with E-state index in [-0.39, 0.29) is 13.2 Å². The summed E-state index contributed by atoms with van der Waals surface area (Å²) in [7, 11) is -0.295. The van der Waals surface area contributed by atoms with E-state index >= 15 is 0 Å². The van der Waals surface area contributed by atoms with Crippen LogP contribution in [0.1, 0.15) is 104 Å². The molecule has 0 bridgehead atoms. The van der Waals surface area contributed by atoms with Gasteiger partial charge in [0.1, 0.15) is 24.4 Å². The first kappa shape index (κ1) is 48.6. The molecule has 0 spiro atoms. The molecule has 320 valence electrons. The molecule has 4 rings (SSSR count). The van der Waals surface area contributed by atoms with Crippen LogP contribution in [0.2, 0.25) is 0 Å². The summed E-state index contributed by atoms with van der Waals surface area (Å²) in [5.41, 5.74) is 1.62. The number of benzene rings is 2. The SMILES string of the molecule is CCCC[N+](CCCC)(CCCC)CCCC.CO[C@H]1O[C@H](COP(=O)([O-])OCc2ccccc2)[C@H]2O[C@](C)(OC)[C@@](C)(OC)O[C@@H]2[C@@H]1OCc1ccccc1. The molecule has 0 N–H and O–H groups in total. The number of hydrogen-bond donors (Lipinski definition) is 0. The third-order valence-corrected chi connectivity index (χ3v) is 11.9. The van der Waals surface area contributed by atoms with Gasteiger partial charge in [0.15, 0.2) is 6.29 Å². The van der Waals surface area contributed by atoms with Crippen molar-refractivity contribution in [2.45, 2.75) is 148 Å². The molecule has 2 aromatic rings. The first-order chi connectivity index (χ1) is 26.9. The highest BCUT2D eigenvalue weighted by molar-refractivity contribution is 7.45. The van der Waals surface area contributed by atoms with E-state index in [1.807, 2.05) is 36.4 Å². The Morgan fingerprint density at radius 3 is 1.55 bits per heavy atom. The predicted molar refractivity (Wildman–Crippen MR) is 215 cm³/mol. The lowest BCUT2D eigenvalue weighted by Crippen LogP contribution is -2.73. The summed E-state index contributed by atoms with van der Waals surface area (Å²) in [6.07, 6.45) is 6.74. The number of quaternary nitrogens is 1. The van der Waals surface area contributed by atoms with E-state index in [9.17, 15) is 9.46 Å². The third kappa shape index (κ3) is 14.2. The van der Waals surface area contributed by atoms with E-state index in [0.29, 0.717) is 5.56 Å². The number of methoxy groups -OCH3 is 3. The molecule has 2 aliphatic heterocycles. The number of unbranched alkanes of at least 4 members (excludes halogenated alkanes) is 4. The van der Waals surface area contributed by atoms with Crippen LogP contribution in [0, 0.1) is 0 Å². The van der Waals surface area contributed by atoms with Gasteiger partial charge in [0.2, 0.25) is 11.6 Å². The minimum Gasteiger partial charge on any atom is -0.756 e. The van der Waals surface area contributed by atoms with E-state index in [0.717, 1.165) is 5.56 Å². The van der Waals surface area contributed by atoms with Crippen molar-refractivity contribution in [2.75, 3.05) is 54.1 Å². The van der Waals surface area contributed by atoms with Gasteiger partial charge in [0.05, 0.1) is 46.0 Å². The Morgan fingerprint density at radius 2 is 1.12 bits per heavy atom. The second kappa shape index (κ2) is 24.3. The third-order valence-electron chi connectivity index (χ3n) is 11.0. The minimum atomic E-state index is -4.69. The summed E-state index contributed by atoms with van der Waals surface area (Å²) in [5.74, 6) is -2.72. The van der Waals surface area contributed by atoms with Gasteiger partial charge in [-0.05, 0) is 50.7 Å². The van der Waals surface area contributed by atoms with Crippen LogP contribution in [0.15, 0.2) is 60.7 Å². The van der Waals surface area contributed by atoms with Gasteiger partial charge in [-0.25, -0.2) is 0 Å². The van der Waals surface area contributed by atoms with Crippen molar-refractivity contribution in [3.8, 4) is 0 Å². The first-order valence-corrected chi connectivity index (χ1v) is 22.1. The number of rotatable bonds is 24. The summed E-state index contributed by atoms with van der Waals surface area (Å²) in [6.45, 7) is 18.0. The maximum Gasteiger partial charge on any atom is 0.268 e. The molecule has 8 atom stereocenters. The summed E-state index contributed by atoms with van der Waals surface area (Å²) >= 11 is 0. The van der Waals surface area contributed by atoms with E-state index in [1.165, 1.54) is 103 Å². The fraction of sp³-hybridized carbons (Fsp3) is 0.721. The quantitative estimate of drug-likeness (QED) is 0.0754. The largest absolute Gasteiger partial charge is 0.756 e. The highest BCUT2D eigenvalue weighted by atomic mass is 31.2. The molecule has 2 fully saturated rings. The fourth-order valence-electron chi connectivity index (χ4n) is 7.20. The summed E-state index contributed by atoms with van der Waals surface area (Å²) in [6, 6.07) is 18.5. The van der Waals surface area contributed by atoms with Gasteiger partial charge in [0.25, 0.3) is 7.82 Å². The number of ether oxygens (including phenoxy) is 7. The van der Waals surface area contributed by atoms with Crippen molar-refractivity contribution in [2.24, 2.45) is 0 Å². The van der Waals surface area contributed by atoms with Crippen LogP contribution in [-0.4, -0.2) is 101 Å².